The minimum absolute atomic E-state index is 0. The average Bonchev–Trinajstić information content (AvgIpc) is 3.03. The zero-order valence-corrected chi connectivity index (χ0v) is 17.7. The molecular weight excluding hydrogens is 423 g/mol. The molecule has 2 rings (SSSR count). The first kappa shape index (κ1) is 20.6. The molecule has 0 radical (unpaired) electrons. The Balaban J connectivity index is 0.00000264. The number of hydrogen-bond donors (Lipinski definition) is 2. The summed E-state index contributed by atoms with van der Waals surface area (Å²) in [7, 11) is 0. The fraction of sp³-hybridized carbons (Fsp3) is 0.750. The number of guanidine groups is 1. The molecule has 132 valence electrons. The second-order valence-corrected chi connectivity index (χ2v) is 7.30. The smallest absolute Gasteiger partial charge is 0.191 e. The van der Waals surface area contributed by atoms with Crippen molar-refractivity contribution in [3.63, 3.8) is 0 Å². The Bertz CT molecular complexity index is 512. The summed E-state index contributed by atoms with van der Waals surface area (Å²) in [5.41, 5.74) is 1.06. The minimum atomic E-state index is -0.0896. The maximum absolute atomic E-state index is 5.79. The number of aliphatic imine (C=N–C) groups is 1. The fourth-order valence-electron chi connectivity index (χ4n) is 2.65. The number of rotatable bonds is 6. The fourth-order valence-corrected chi connectivity index (χ4v) is 3.59. The van der Waals surface area contributed by atoms with Crippen LogP contribution < -0.4 is 10.6 Å². The third-order valence-electron chi connectivity index (χ3n) is 3.86. The number of ether oxygens (including phenoxy) is 1. The average molecular weight is 452 g/mol. The molecule has 2 heterocycles. The number of aryl methyl sites for hydroxylation is 2. The van der Waals surface area contributed by atoms with Gasteiger partial charge in [-0.1, -0.05) is 0 Å². The van der Waals surface area contributed by atoms with E-state index in [1.54, 1.807) is 11.3 Å². The first-order valence-corrected chi connectivity index (χ1v) is 8.93. The molecule has 0 amide bonds. The van der Waals surface area contributed by atoms with Crippen molar-refractivity contribution in [2.75, 3.05) is 26.2 Å². The van der Waals surface area contributed by atoms with Crippen molar-refractivity contribution >= 4 is 41.3 Å². The highest BCUT2D eigenvalue weighted by Crippen LogP contribution is 2.25. The molecule has 1 aromatic heterocycles. The summed E-state index contributed by atoms with van der Waals surface area (Å²) in [4.78, 5) is 10.5. The Morgan fingerprint density at radius 2 is 2.17 bits per heavy atom. The van der Waals surface area contributed by atoms with Gasteiger partial charge in [0.1, 0.15) is 0 Å². The molecule has 1 aliphatic heterocycles. The summed E-state index contributed by atoms with van der Waals surface area (Å²) in [6.07, 6.45) is 3.21. The van der Waals surface area contributed by atoms with Crippen LogP contribution in [-0.2, 0) is 11.2 Å². The zero-order valence-electron chi connectivity index (χ0n) is 14.6. The summed E-state index contributed by atoms with van der Waals surface area (Å²) in [6.45, 7) is 11.7. The lowest BCUT2D eigenvalue weighted by atomic mass is 10.0. The molecule has 1 fully saturated rings. The molecule has 1 atom stereocenters. The Morgan fingerprint density at radius 3 is 2.74 bits per heavy atom. The second kappa shape index (κ2) is 9.78. The number of thiazole rings is 1. The Hall–Kier alpha value is -0.410. The SMILES string of the molecule is CCNC(=NCC1(C)CCCO1)NCCc1sc(C)nc1C.I. The molecule has 7 heteroatoms. The van der Waals surface area contributed by atoms with Gasteiger partial charge in [0.05, 0.1) is 22.8 Å². The zero-order chi connectivity index (χ0) is 16.0. The highest BCUT2D eigenvalue weighted by molar-refractivity contribution is 14.0. The molecule has 23 heavy (non-hydrogen) atoms. The lowest BCUT2D eigenvalue weighted by Crippen LogP contribution is -2.40. The van der Waals surface area contributed by atoms with E-state index in [9.17, 15) is 0 Å². The number of nitrogens with one attached hydrogen (secondary N) is 2. The van der Waals surface area contributed by atoms with E-state index < -0.39 is 0 Å². The molecule has 0 aromatic carbocycles. The van der Waals surface area contributed by atoms with Gasteiger partial charge >= 0.3 is 0 Å². The molecule has 0 saturated carbocycles. The molecule has 1 aliphatic rings. The molecular formula is C16H29IN4OS. The van der Waals surface area contributed by atoms with Crippen molar-refractivity contribution in [3.8, 4) is 0 Å². The van der Waals surface area contributed by atoms with Gasteiger partial charge in [-0.2, -0.15) is 0 Å². The van der Waals surface area contributed by atoms with Gasteiger partial charge in [-0.25, -0.2) is 4.98 Å². The van der Waals surface area contributed by atoms with Gasteiger partial charge in [0.25, 0.3) is 0 Å². The van der Waals surface area contributed by atoms with Crippen molar-refractivity contribution in [2.45, 2.75) is 52.6 Å². The van der Waals surface area contributed by atoms with E-state index in [2.05, 4.69) is 48.3 Å². The van der Waals surface area contributed by atoms with Gasteiger partial charge < -0.3 is 15.4 Å². The van der Waals surface area contributed by atoms with Crippen molar-refractivity contribution in [2.24, 2.45) is 4.99 Å². The van der Waals surface area contributed by atoms with Gasteiger partial charge in [0, 0.05) is 31.0 Å². The van der Waals surface area contributed by atoms with E-state index >= 15 is 0 Å². The predicted molar refractivity (Wildman–Crippen MR) is 108 cm³/mol. The topological polar surface area (TPSA) is 58.5 Å². The largest absolute Gasteiger partial charge is 0.373 e. The third kappa shape index (κ3) is 6.54. The van der Waals surface area contributed by atoms with Crippen LogP contribution >= 0.6 is 35.3 Å². The number of aromatic nitrogens is 1. The van der Waals surface area contributed by atoms with E-state index in [4.69, 9.17) is 4.74 Å². The Labute approximate surface area is 160 Å². The van der Waals surface area contributed by atoms with Gasteiger partial charge in [0.2, 0.25) is 0 Å². The molecule has 0 bridgehead atoms. The third-order valence-corrected chi connectivity index (χ3v) is 4.99. The first-order chi connectivity index (χ1) is 10.5. The minimum Gasteiger partial charge on any atom is -0.373 e. The maximum Gasteiger partial charge on any atom is 0.191 e. The summed E-state index contributed by atoms with van der Waals surface area (Å²) in [5.74, 6) is 0.873. The standard InChI is InChI=1S/C16H28N4OS.HI/c1-5-17-15(19-11-16(4)8-6-10-21-16)18-9-7-14-12(2)20-13(3)22-14;/h5-11H2,1-4H3,(H2,17,18,19);1H. The molecule has 1 unspecified atom stereocenters. The molecule has 1 saturated heterocycles. The summed E-state index contributed by atoms with van der Waals surface area (Å²) in [6, 6.07) is 0. The quantitative estimate of drug-likeness (QED) is 0.396. The van der Waals surface area contributed by atoms with Gasteiger partial charge in [0.15, 0.2) is 5.96 Å². The van der Waals surface area contributed by atoms with E-state index in [0.29, 0.717) is 6.54 Å². The highest BCUT2D eigenvalue weighted by atomic mass is 127. The van der Waals surface area contributed by atoms with E-state index in [-0.39, 0.29) is 29.6 Å². The highest BCUT2D eigenvalue weighted by Gasteiger charge is 2.29. The number of nitrogens with zero attached hydrogens (tertiary/aromatic N) is 2. The molecule has 1 aromatic rings. The number of halogens is 1. The first-order valence-electron chi connectivity index (χ1n) is 8.11. The lowest BCUT2D eigenvalue weighted by Gasteiger charge is -2.21. The van der Waals surface area contributed by atoms with E-state index in [1.807, 2.05) is 0 Å². The van der Waals surface area contributed by atoms with Crippen molar-refractivity contribution in [3.05, 3.63) is 15.6 Å². The van der Waals surface area contributed by atoms with Crippen LogP contribution in [0.5, 0.6) is 0 Å². The molecule has 0 aliphatic carbocycles. The Kier molecular flexibility index (Phi) is 8.78. The lowest BCUT2D eigenvalue weighted by molar-refractivity contribution is 0.0283. The van der Waals surface area contributed by atoms with Crippen LogP contribution in [0.1, 0.15) is 42.3 Å². The summed E-state index contributed by atoms with van der Waals surface area (Å²) in [5, 5.41) is 7.85. The maximum atomic E-state index is 5.79. The van der Waals surface area contributed by atoms with Gasteiger partial charge in [-0.15, -0.1) is 35.3 Å². The van der Waals surface area contributed by atoms with E-state index in [1.165, 1.54) is 4.88 Å². The summed E-state index contributed by atoms with van der Waals surface area (Å²) < 4.78 is 5.79. The van der Waals surface area contributed by atoms with Crippen LogP contribution in [0.3, 0.4) is 0 Å². The molecule has 0 spiro atoms. The van der Waals surface area contributed by atoms with Crippen LogP contribution in [0.15, 0.2) is 4.99 Å². The van der Waals surface area contributed by atoms with Crippen LogP contribution in [0.4, 0.5) is 0 Å². The predicted octanol–water partition coefficient (Wildman–Crippen LogP) is 3.04. The molecule has 2 N–H and O–H groups in total. The van der Waals surface area contributed by atoms with Crippen LogP contribution in [0.25, 0.3) is 0 Å². The van der Waals surface area contributed by atoms with Gasteiger partial charge in [-0.05, 0) is 40.5 Å². The van der Waals surface area contributed by atoms with Crippen molar-refractivity contribution in [1.82, 2.24) is 15.6 Å². The molecule has 5 nitrogen and oxygen atoms in total. The van der Waals surface area contributed by atoms with Crippen LogP contribution in [0, 0.1) is 13.8 Å². The van der Waals surface area contributed by atoms with E-state index in [0.717, 1.165) is 55.6 Å². The van der Waals surface area contributed by atoms with Crippen LogP contribution in [0.2, 0.25) is 0 Å². The second-order valence-electron chi connectivity index (χ2n) is 6.02. The van der Waals surface area contributed by atoms with Crippen molar-refractivity contribution < 1.29 is 4.74 Å². The van der Waals surface area contributed by atoms with Crippen LogP contribution in [-0.4, -0.2) is 42.8 Å². The van der Waals surface area contributed by atoms with Gasteiger partial charge in [-0.3, -0.25) is 4.99 Å². The normalized spacial score (nSPS) is 21.1. The monoisotopic (exact) mass is 452 g/mol. The Morgan fingerprint density at radius 1 is 1.39 bits per heavy atom. The summed E-state index contributed by atoms with van der Waals surface area (Å²) >= 11 is 1.78. The number of hydrogen-bond acceptors (Lipinski definition) is 4. The van der Waals surface area contributed by atoms with Crippen molar-refractivity contribution in [1.29, 1.82) is 0 Å².